The van der Waals surface area contributed by atoms with Crippen LogP contribution in [-0.2, 0) is 13.0 Å². The van der Waals surface area contributed by atoms with E-state index in [2.05, 4.69) is 26.7 Å². The normalized spacial score (nSPS) is 15.7. The largest absolute Gasteiger partial charge is 0.370 e. The summed E-state index contributed by atoms with van der Waals surface area (Å²) in [6, 6.07) is 12.1. The number of fused-ring (bicyclic) bond motifs is 1. The van der Waals surface area contributed by atoms with E-state index in [4.69, 9.17) is 5.73 Å². The predicted molar refractivity (Wildman–Crippen MR) is 89.9 cm³/mol. The van der Waals surface area contributed by atoms with Crippen molar-refractivity contribution in [2.45, 2.75) is 13.0 Å². The first-order chi connectivity index (χ1) is 10.3. The van der Waals surface area contributed by atoms with Crippen molar-refractivity contribution < 1.29 is 0 Å². The van der Waals surface area contributed by atoms with Crippen molar-refractivity contribution in [1.82, 2.24) is 4.90 Å². The van der Waals surface area contributed by atoms with Crippen LogP contribution in [0.5, 0.6) is 0 Å². The van der Waals surface area contributed by atoms with Gasteiger partial charge in [-0.05, 0) is 35.6 Å². The number of anilines is 1. The predicted octanol–water partition coefficient (Wildman–Crippen LogP) is 2.53. The highest BCUT2D eigenvalue weighted by molar-refractivity contribution is 7.10. The second-order valence-electron chi connectivity index (χ2n) is 5.15. The van der Waals surface area contributed by atoms with Gasteiger partial charge in [-0.15, -0.1) is 11.3 Å². The molecular formula is C16H20N4S. The fourth-order valence-corrected chi connectivity index (χ4v) is 3.41. The lowest BCUT2D eigenvalue weighted by Gasteiger charge is -2.26. The number of aliphatic imine (C=N–C) groups is 1. The molecule has 0 amide bonds. The average molecular weight is 300 g/mol. The number of thiophene rings is 1. The van der Waals surface area contributed by atoms with Crippen LogP contribution in [0.2, 0.25) is 0 Å². The van der Waals surface area contributed by atoms with E-state index < -0.39 is 0 Å². The summed E-state index contributed by atoms with van der Waals surface area (Å²) in [7, 11) is 0. The molecule has 0 fully saturated rings. The number of para-hydroxylation sites is 1. The van der Waals surface area contributed by atoms with Crippen LogP contribution >= 0.6 is 11.3 Å². The molecule has 0 atom stereocenters. The fraction of sp³-hybridized carbons (Fsp3) is 0.312. The molecule has 5 heteroatoms. The molecule has 0 bridgehead atoms. The first kappa shape index (κ1) is 14.1. The summed E-state index contributed by atoms with van der Waals surface area (Å²) in [5.41, 5.74) is 8.35. The summed E-state index contributed by atoms with van der Waals surface area (Å²) in [6.07, 6.45) is 1.16. The van der Waals surface area contributed by atoms with Gasteiger partial charge in [-0.1, -0.05) is 18.2 Å². The van der Waals surface area contributed by atoms with Crippen molar-refractivity contribution in [3.8, 4) is 0 Å². The number of hydrogen-bond donors (Lipinski definition) is 2. The summed E-state index contributed by atoms with van der Waals surface area (Å²) in [6.45, 7) is 3.84. The zero-order valence-corrected chi connectivity index (χ0v) is 12.8. The van der Waals surface area contributed by atoms with Crippen LogP contribution in [0.15, 0.2) is 46.8 Å². The monoisotopic (exact) mass is 300 g/mol. The minimum Gasteiger partial charge on any atom is -0.370 e. The third kappa shape index (κ3) is 3.83. The van der Waals surface area contributed by atoms with E-state index in [-0.39, 0.29) is 0 Å². The second kappa shape index (κ2) is 6.74. The number of hydrogen-bond acceptors (Lipinski definition) is 3. The number of benzene rings is 1. The van der Waals surface area contributed by atoms with E-state index in [1.54, 1.807) is 4.88 Å². The van der Waals surface area contributed by atoms with Crippen LogP contribution in [0.25, 0.3) is 0 Å². The molecule has 3 rings (SSSR count). The van der Waals surface area contributed by atoms with Gasteiger partial charge in [0.2, 0.25) is 0 Å². The van der Waals surface area contributed by atoms with E-state index >= 15 is 0 Å². The topological polar surface area (TPSA) is 53.6 Å². The van der Waals surface area contributed by atoms with Crippen molar-refractivity contribution in [3.05, 3.63) is 52.2 Å². The lowest BCUT2D eigenvalue weighted by molar-refractivity contribution is 0.264. The maximum absolute atomic E-state index is 5.90. The molecule has 2 aromatic rings. The van der Waals surface area contributed by atoms with E-state index in [1.165, 1.54) is 5.56 Å². The van der Waals surface area contributed by atoms with Crippen molar-refractivity contribution in [2.75, 3.05) is 25.0 Å². The van der Waals surface area contributed by atoms with Crippen molar-refractivity contribution in [2.24, 2.45) is 10.7 Å². The Morgan fingerprint density at radius 1 is 1.29 bits per heavy atom. The number of nitrogens with two attached hydrogens (primary N) is 1. The Kier molecular flexibility index (Phi) is 4.52. The first-order valence-corrected chi connectivity index (χ1v) is 8.09. The highest BCUT2D eigenvalue weighted by Crippen LogP contribution is 2.23. The Morgan fingerprint density at radius 2 is 2.14 bits per heavy atom. The average Bonchev–Trinajstić information content (AvgIpc) is 2.96. The molecule has 0 saturated heterocycles. The number of rotatable bonds is 4. The lowest BCUT2D eigenvalue weighted by Crippen LogP contribution is -2.32. The van der Waals surface area contributed by atoms with Crippen molar-refractivity contribution in [3.63, 3.8) is 0 Å². The van der Waals surface area contributed by atoms with Crippen LogP contribution in [0.4, 0.5) is 5.69 Å². The van der Waals surface area contributed by atoms with Crippen molar-refractivity contribution in [1.29, 1.82) is 0 Å². The van der Waals surface area contributed by atoms with Gasteiger partial charge >= 0.3 is 0 Å². The summed E-state index contributed by atoms with van der Waals surface area (Å²) >= 11 is 1.87. The third-order valence-electron chi connectivity index (χ3n) is 3.63. The highest BCUT2D eigenvalue weighted by Gasteiger charge is 2.16. The molecule has 4 nitrogen and oxygen atoms in total. The Bertz CT molecular complexity index is 606. The molecule has 0 saturated carbocycles. The molecule has 1 aliphatic heterocycles. The smallest absolute Gasteiger partial charge is 0.193 e. The summed E-state index contributed by atoms with van der Waals surface area (Å²) in [5.74, 6) is 0.481. The standard InChI is InChI=1S/C16H20N4S/c17-16(19-14-4-2-1-3-5-14)18-8-10-20-9-6-15-13(12-20)7-11-21-15/h1-5,7,11H,6,8-10,12H2,(H3,17,18,19). The fourth-order valence-electron chi connectivity index (χ4n) is 2.52. The molecule has 21 heavy (non-hydrogen) atoms. The van der Waals surface area contributed by atoms with Gasteiger partial charge in [0.1, 0.15) is 0 Å². The van der Waals surface area contributed by atoms with Gasteiger partial charge in [-0.25, -0.2) is 0 Å². The van der Waals surface area contributed by atoms with Crippen LogP contribution in [-0.4, -0.2) is 30.5 Å². The van der Waals surface area contributed by atoms with E-state index in [9.17, 15) is 0 Å². The Morgan fingerprint density at radius 3 is 3.00 bits per heavy atom. The van der Waals surface area contributed by atoms with Gasteiger partial charge in [0.15, 0.2) is 5.96 Å². The minimum absolute atomic E-state index is 0.481. The molecule has 1 aliphatic rings. The molecule has 0 radical (unpaired) electrons. The molecule has 1 aromatic heterocycles. The van der Waals surface area contributed by atoms with E-state index in [0.717, 1.165) is 38.3 Å². The SMILES string of the molecule is NC(=NCCN1CCc2sccc2C1)Nc1ccccc1. The molecule has 2 heterocycles. The molecule has 1 aromatic carbocycles. The minimum atomic E-state index is 0.481. The number of guanidine groups is 1. The number of nitrogens with one attached hydrogen (secondary N) is 1. The second-order valence-corrected chi connectivity index (χ2v) is 6.15. The van der Waals surface area contributed by atoms with Gasteiger partial charge in [-0.2, -0.15) is 0 Å². The summed E-state index contributed by atoms with van der Waals surface area (Å²) < 4.78 is 0. The molecule has 0 aliphatic carbocycles. The van der Waals surface area contributed by atoms with Crippen LogP contribution in [0.1, 0.15) is 10.4 Å². The lowest BCUT2D eigenvalue weighted by atomic mass is 10.1. The molecular weight excluding hydrogens is 280 g/mol. The van der Waals surface area contributed by atoms with E-state index in [0.29, 0.717) is 5.96 Å². The Hall–Kier alpha value is -1.85. The van der Waals surface area contributed by atoms with Gasteiger partial charge in [0.05, 0.1) is 6.54 Å². The van der Waals surface area contributed by atoms with Crippen LogP contribution < -0.4 is 11.1 Å². The number of nitrogens with zero attached hydrogens (tertiary/aromatic N) is 2. The zero-order valence-electron chi connectivity index (χ0n) is 12.0. The third-order valence-corrected chi connectivity index (χ3v) is 4.65. The van der Waals surface area contributed by atoms with Gasteiger partial charge in [-0.3, -0.25) is 9.89 Å². The maximum atomic E-state index is 5.90. The molecule has 3 N–H and O–H groups in total. The molecule has 110 valence electrons. The molecule has 0 spiro atoms. The van der Waals surface area contributed by atoms with Gasteiger partial charge in [0.25, 0.3) is 0 Å². The maximum Gasteiger partial charge on any atom is 0.193 e. The summed E-state index contributed by atoms with van der Waals surface area (Å²) in [5, 5.41) is 5.29. The quantitative estimate of drug-likeness (QED) is 0.674. The highest BCUT2D eigenvalue weighted by atomic mass is 32.1. The van der Waals surface area contributed by atoms with Crippen LogP contribution in [0, 0.1) is 0 Å². The Labute approximate surface area is 129 Å². The van der Waals surface area contributed by atoms with Gasteiger partial charge in [0, 0.05) is 30.2 Å². The van der Waals surface area contributed by atoms with Crippen molar-refractivity contribution >= 4 is 23.0 Å². The van der Waals surface area contributed by atoms with Crippen LogP contribution in [0.3, 0.4) is 0 Å². The first-order valence-electron chi connectivity index (χ1n) is 7.21. The van der Waals surface area contributed by atoms with Gasteiger partial charge < -0.3 is 11.1 Å². The Balaban J connectivity index is 1.46. The summed E-state index contributed by atoms with van der Waals surface area (Å²) in [4.78, 5) is 8.38. The molecule has 0 unspecified atom stereocenters. The van der Waals surface area contributed by atoms with E-state index in [1.807, 2.05) is 41.7 Å². The zero-order chi connectivity index (χ0) is 14.5.